The molecule has 0 aromatic heterocycles. The molecule has 0 bridgehead atoms. The summed E-state index contributed by atoms with van der Waals surface area (Å²) < 4.78 is 0. The summed E-state index contributed by atoms with van der Waals surface area (Å²) in [6, 6.07) is 1.55. The predicted molar refractivity (Wildman–Crippen MR) is 61.7 cm³/mol. The van der Waals surface area contributed by atoms with E-state index in [0.717, 1.165) is 18.6 Å². The number of rotatable bonds is 5. The first-order valence-electron chi connectivity index (χ1n) is 5.65. The topological polar surface area (TPSA) is 18.5 Å². The van der Waals surface area contributed by atoms with Crippen LogP contribution in [0.2, 0.25) is 0 Å². The van der Waals surface area contributed by atoms with Gasteiger partial charge in [0.15, 0.2) is 0 Å². The molecule has 0 spiro atoms. The van der Waals surface area contributed by atoms with Crippen molar-refractivity contribution in [2.45, 2.75) is 31.3 Å². The van der Waals surface area contributed by atoms with Gasteiger partial charge in [-0.15, -0.1) is 0 Å². The molecule has 1 N–H and O–H groups in total. The number of hydrogen-bond acceptors (Lipinski definition) is 3. The summed E-state index contributed by atoms with van der Waals surface area (Å²) >= 11 is 0. The van der Waals surface area contributed by atoms with Gasteiger partial charge in [0.1, 0.15) is 0 Å². The van der Waals surface area contributed by atoms with Crippen molar-refractivity contribution in [3.8, 4) is 0 Å². The van der Waals surface area contributed by atoms with Crippen LogP contribution in [0.15, 0.2) is 0 Å². The second-order valence-corrected chi connectivity index (χ2v) is 4.74. The fraction of sp³-hybridized carbons (Fsp3) is 1.00. The molecule has 0 aliphatic heterocycles. The molecule has 1 saturated carbocycles. The predicted octanol–water partition coefficient (Wildman–Crippen LogP) is 0.620. The Morgan fingerprint density at radius 3 is 2.36 bits per heavy atom. The van der Waals surface area contributed by atoms with Gasteiger partial charge in [-0.1, -0.05) is 0 Å². The van der Waals surface area contributed by atoms with Crippen LogP contribution in [0.25, 0.3) is 0 Å². The summed E-state index contributed by atoms with van der Waals surface area (Å²) in [5.74, 6) is 0. The van der Waals surface area contributed by atoms with E-state index in [4.69, 9.17) is 0 Å². The molecule has 0 aromatic carbocycles. The van der Waals surface area contributed by atoms with Gasteiger partial charge in [-0.25, -0.2) is 0 Å². The molecule has 0 amide bonds. The van der Waals surface area contributed by atoms with E-state index in [2.05, 4.69) is 43.3 Å². The summed E-state index contributed by atoms with van der Waals surface area (Å²) in [5.41, 5.74) is 0. The molecule has 3 heteroatoms. The molecular formula is C11H25N3. The smallest absolute Gasteiger partial charge is 0.0109 e. The Morgan fingerprint density at radius 2 is 1.86 bits per heavy atom. The van der Waals surface area contributed by atoms with Crippen LogP contribution in [0.4, 0.5) is 0 Å². The minimum Gasteiger partial charge on any atom is -0.317 e. The maximum Gasteiger partial charge on any atom is 0.0109 e. The standard InChI is InChI=1S/C11H25N3/c1-12-10-5-6-11(9-10)14(4)8-7-13(2)3/h10-12H,5-9H2,1-4H3. The minimum absolute atomic E-state index is 0.752. The van der Waals surface area contributed by atoms with Crippen molar-refractivity contribution in [1.29, 1.82) is 0 Å². The Labute approximate surface area is 88.5 Å². The lowest BCUT2D eigenvalue weighted by Crippen LogP contribution is -2.36. The lowest BCUT2D eigenvalue weighted by molar-refractivity contribution is 0.217. The highest BCUT2D eigenvalue weighted by Crippen LogP contribution is 2.22. The van der Waals surface area contributed by atoms with Crippen LogP contribution in [-0.4, -0.2) is 63.2 Å². The van der Waals surface area contributed by atoms with Gasteiger partial charge >= 0.3 is 0 Å². The second-order valence-electron chi connectivity index (χ2n) is 4.74. The Hall–Kier alpha value is -0.120. The van der Waals surface area contributed by atoms with Crippen molar-refractivity contribution in [3.05, 3.63) is 0 Å². The molecule has 0 radical (unpaired) electrons. The summed E-state index contributed by atoms with van der Waals surface area (Å²) in [6.07, 6.45) is 4.02. The van der Waals surface area contributed by atoms with Gasteiger partial charge in [-0.3, -0.25) is 0 Å². The van der Waals surface area contributed by atoms with E-state index in [1.54, 1.807) is 0 Å². The molecular weight excluding hydrogens is 174 g/mol. The summed E-state index contributed by atoms with van der Waals surface area (Å²) in [5, 5.41) is 3.38. The maximum absolute atomic E-state index is 3.38. The normalized spacial score (nSPS) is 27.9. The van der Waals surface area contributed by atoms with Crippen LogP contribution in [-0.2, 0) is 0 Å². The summed E-state index contributed by atoms with van der Waals surface area (Å²) in [7, 11) is 8.61. The van der Waals surface area contributed by atoms with E-state index in [-0.39, 0.29) is 0 Å². The van der Waals surface area contributed by atoms with Gasteiger partial charge in [0.05, 0.1) is 0 Å². The van der Waals surface area contributed by atoms with Crippen molar-refractivity contribution in [2.75, 3.05) is 41.3 Å². The van der Waals surface area contributed by atoms with Crippen molar-refractivity contribution < 1.29 is 0 Å². The highest BCUT2D eigenvalue weighted by atomic mass is 15.2. The van der Waals surface area contributed by atoms with Crippen molar-refractivity contribution in [3.63, 3.8) is 0 Å². The van der Waals surface area contributed by atoms with E-state index < -0.39 is 0 Å². The van der Waals surface area contributed by atoms with Crippen LogP contribution in [0.5, 0.6) is 0 Å². The molecule has 84 valence electrons. The van der Waals surface area contributed by atoms with Gasteiger partial charge in [-0.2, -0.15) is 0 Å². The first-order chi connectivity index (χ1) is 6.63. The lowest BCUT2D eigenvalue weighted by Gasteiger charge is -2.25. The number of nitrogens with zero attached hydrogens (tertiary/aromatic N) is 2. The van der Waals surface area contributed by atoms with Crippen molar-refractivity contribution in [1.82, 2.24) is 15.1 Å². The van der Waals surface area contributed by atoms with Crippen LogP contribution in [0.1, 0.15) is 19.3 Å². The molecule has 1 aliphatic rings. The molecule has 2 unspecified atom stereocenters. The lowest BCUT2D eigenvalue weighted by atomic mass is 10.2. The third kappa shape index (κ3) is 3.56. The van der Waals surface area contributed by atoms with Crippen LogP contribution in [0.3, 0.4) is 0 Å². The molecule has 2 atom stereocenters. The average molecular weight is 199 g/mol. The zero-order valence-electron chi connectivity index (χ0n) is 10.1. The first kappa shape index (κ1) is 12.0. The summed E-state index contributed by atoms with van der Waals surface area (Å²) in [4.78, 5) is 4.76. The third-order valence-corrected chi connectivity index (χ3v) is 3.34. The fourth-order valence-corrected chi connectivity index (χ4v) is 2.16. The van der Waals surface area contributed by atoms with Gasteiger partial charge in [-0.05, 0) is 47.5 Å². The highest BCUT2D eigenvalue weighted by molar-refractivity contribution is 4.84. The average Bonchev–Trinajstić information content (AvgIpc) is 2.62. The Balaban J connectivity index is 2.21. The van der Waals surface area contributed by atoms with Gasteiger partial charge < -0.3 is 15.1 Å². The fourth-order valence-electron chi connectivity index (χ4n) is 2.16. The van der Waals surface area contributed by atoms with E-state index in [1.165, 1.54) is 25.8 Å². The monoisotopic (exact) mass is 199 g/mol. The minimum atomic E-state index is 0.752. The quantitative estimate of drug-likeness (QED) is 0.700. The van der Waals surface area contributed by atoms with Crippen LogP contribution < -0.4 is 5.32 Å². The number of nitrogens with one attached hydrogen (secondary N) is 1. The Morgan fingerprint density at radius 1 is 1.14 bits per heavy atom. The second kappa shape index (κ2) is 5.69. The van der Waals surface area contributed by atoms with E-state index in [9.17, 15) is 0 Å². The molecule has 0 saturated heterocycles. The SMILES string of the molecule is CNC1CCC(N(C)CCN(C)C)C1. The summed E-state index contributed by atoms with van der Waals surface area (Å²) in [6.45, 7) is 2.35. The Bertz CT molecular complexity index is 159. The molecule has 1 fully saturated rings. The van der Waals surface area contributed by atoms with Gasteiger partial charge in [0.25, 0.3) is 0 Å². The molecule has 1 aliphatic carbocycles. The van der Waals surface area contributed by atoms with Crippen LogP contribution >= 0.6 is 0 Å². The van der Waals surface area contributed by atoms with Crippen molar-refractivity contribution >= 4 is 0 Å². The first-order valence-corrected chi connectivity index (χ1v) is 5.65. The molecule has 14 heavy (non-hydrogen) atoms. The van der Waals surface area contributed by atoms with E-state index in [1.807, 2.05) is 0 Å². The van der Waals surface area contributed by atoms with Crippen LogP contribution in [0, 0.1) is 0 Å². The Kier molecular flexibility index (Phi) is 4.85. The van der Waals surface area contributed by atoms with Crippen molar-refractivity contribution in [2.24, 2.45) is 0 Å². The molecule has 3 nitrogen and oxygen atoms in total. The number of likely N-dealkylation sites (N-methyl/N-ethyl adjacent to an activating group) is 2. The highest BCUT2D eigenvalue weighted by Gasteiger charge is 2.25. The van der Waals surface area contributed by atoms with Gasteiger partial charge in [0, 0.05) is 25.2 Å². The van der Waals surface area contributed by atoms with Gasteiger partial charge in [0.2, 0.25) is 0 Å². The zero-order valence-corrected chi connectivity index (χ0v) is 10.1. The zero-order chi connectivity index (χ0) is 10.6. The number of hydrogen-bond donors (Lipinski definition) is 1. The van der Waals surface area contributed by atoms with E-state index >= 15 is 0 Å². The molecule has 0 heterocycles. The third-order valence-electron chi connectivity index (χ3n) is 3.34. The van der Waals surface area contributed by atoms with E-state index in [0.29, 0.717) is 0 Å². The largest absolute Gasteiger partial charge is 0.317 e. The molecule has 1 rings (SSSR count). The molecule has 0 aromatic rings. The maximum atomic E-state index is 3.38.